The average Bonchev–Trinajstić information content (AvgIpc) is 2.70. The van der Waals surface area contributed by atoms with E-state index in [0.717, 1.165) is 0 Å². The standard InChI is InChI=1S/C20H13Cl3N4O2S/c21-12-4-3-5-14(10-12)30(28,29)27-20-19(24-16-9-8-13(22)11-15(16)23)25-17-6-1-2-7-18(17)26-20/h1-11H,(H,24,25)(H,26,27). The molecule has 0 saturated heterocycles. The molecule has 0 saturated carbocycles. The van der Waals surface area contributed by atoms with E-state index in [-0.39, 0.29) is 16.5 Å². The third kappa shape index (κ3) is 4.44. The summed E-state index contributed by atoms with van der Waals surface area (Å²) in [5.41, 5.74) is 1.60. The summed E-state index contributed by atoms with van der Waals surface area (Å²) in [4.78, 5) is 8.95. The van der Waals surface area contributed by atoms with Gasteiger partial charge in [-0.15, -0.1) is 0 Å². The predicted molar refractivity (Wildman–Crippen MR) is 122 cm³/mol. The van der Waals surface area contributed by atoms with Crippen molar-refractivity contribution in [3.05, 3.63) is 81.8 Å². The maximum absolute atomic E-state index is 12.9. The van der Waals surface area contributed by atoms with Crippen LogP contribution in [0.2, 0.25) is 15.1 Å². The number of aromatic nitrogens is 2. The van der Waals surface area contributed by atoms with Gasteiger partial charge in [-0.05, 0) is 48.5 Å². The second-order valence-electron chi connectivity index (χ2n) is 6.22. The molecule has 0 aliphatic carbocycles. The van der Waals surface area contributed by atoms with Gasteiger partial charge in [0, 0.05) is 10.0 Å². The Hall–Kier alpha value is -2.58. The zero-order valence-corrected chi connectivity index (χ0v) is 18.2. The molecule has 1 aromatic heterocycles. The minimum Gasteiger partial charge on any atom is -0.336 e. The number of nitrogens with zero attached hydrogens (tertiary/aromatic N) is 2. The van der Waals surface area contributed by atoms with E-state index in [1.165, 1.54) is 12.1 Å². The van der Waals surface area contributed by atoms with Gasteiger partial charge in [-0.2, -0.15) is 0 Å². The summed E-state index contributed by atoms with van der Waals surface area (Å²) in [5, 5.41) is 4.15. The molecule has 0 amide bonds. The molecule has 3 aromatic carbocycles. The highest BCUT2D eigenvalue weighted by Gasteiger charge is 2.20. The molecule has 0 unspecified atom stereocenters. The third-order valence-electron chi connectivity index (χ3n) is 4.09. The van der Waals surface area contributed by atoms with Crippen LogP contribution in [0.25, 0.3) is 11.0 Å². The maximum atomic E-state index is 12.9. The summed E-state index contributed by atoms with van der Waals surface area (Å²) in [6.07, 6.45) is 0. The first-order valence-electron chi connectivity index (χ1n) is 8.59. The van der Waals surface area contributed by atoms with Crippen LogP contribution in [0.4, 0.5) is 17.3 Å². The van der Waals surface area contributed by atoms with Gasteiger partial charge in [-0.1, -0.05) is 53.0 Å². The molecule has 152 valence electrons. The Labute approximate surface area is 187 Å². The van der Waals surface area contributed by atoms with E-state index in [0.29, 0.717) is 31.8 Å². The Morgan fingerprint density at radius 2 is 1.40 bits per heavy atom. The van der Waals surface area contributed by atoms with Crippen molar-refractivity contribution < 1.29 is 8.42 Å². The Bertz CT molecular complexity index is 1360. The van der Waals surface area contributed by atoms with Crippen LogP contribution in [-0.2, 0) is 10.0 Å². The van der Waals surface area contributed by atoms with Crippen molar-refractivity contribution in [1.29, 1.82) is 0 Å². The number of fused-ring (bicyclic) bond motifs is 1. The lowest BCUT2D eigenvalue weighted by molar-refractivity contribution is 0.601. The van der Waals surface area contributed by atoms with Crippen molar-refractivity contribution >= 4 is 73.2 Å². The summed E-state index contributed by atoms with van der Waals surface area (Å²) in [6, 6.07) is 17.9. The molecule has 0 aliphatic rings. The molecule has 0 atom stereocenters. The number of rotatable bonds is 5. The van der Waals surface area contributed by atoms with E-state index in [4.69, 9.17) is 34.8 Å². The van der Waals surface area contributed by atoms with Crippen molar-refractivity contribution in [3.63, 3.8) is 0 Å². The van der Waals surface area contributed by atoms with E-state index in [9.17, 15) is 8.42 Å². The molecule has 0 bridgehead atoms. The van der Waals surface area contributed by atoms with Crippen molar-refractivity contribution in [2.45, 2.75) is 4.90 Å². The Kier molecular flexibility index (Phi) is 5.71. The molecule has 0 fully saturated rings. The van der Waals surface area contributed by atoms with Crippen LogP contribution in [0.15, 0.2) is 71.6 Å². The first-order chi connectivity index (χ1) is 14.3. The van der Waals surface area contributed by atoms with Crippen LogP contribution in [0.3, 0.4) is 0 Å². The number of benzene rings is 3. The number of para-hydroxylation sites is 2. The van der Waals surface area contributed by atoms with E-state index >= 15 is 0 Å². The lowest BCUT2D eigenvalue weighted by Crippen LogP contribution is -2.16. The molecule has 4 aromatic rings. The average molecular weight is 480 g/mol. The normalized spacial score (nSPS) is 11.4. The monoisotopic (exact) mass is 478 g/mol. The molecule has 6 nitrogen and oxygen atoms in total. The first kappa shape index (κ1) is 20.7. The van der Waals surface area contributed by atoms with E-state index in [1.54, 1.807) is 48.5 Å². The summed E-state index contributed by atoms with van der Waals surface area (Å²) in [6.45, 7) is 0. The van der Waals surface area contributed by atoms with E-state index in [2.05, 4.69) is 20.0 Å². The van der Waals surface area contributed by atoms with Gasteiger partial charge in [-0.3, -0.25) is 4.72 Å². The van der Waals surface area contributed by atoms with Gasteiger partial charge < -0.3 is 5.32 Å². The van der Waals surface area contributed by atoms with Crippen LogP contribution in [-0.4, -0.2) is 18.4 Å². The first-order valence-corrected chi connectivity index (χ1v) is 11.2. The second-order valence-corrected chi connectivity index (χ2v) is 9.18. The van der Waals surface area contributed by atoms with Crippen molar-refractivity contribution in [2.75, 3.05) is 10.0 Å². The number of hydrogen-bond acceptors (Lipinski definition) is 5. The van der Waals surface area contributed by atoms with Crippen LogP contribution in [0, 0.1) is 0 Å². The number of anilines is 3. The minimum absolute atomic E-state index is 0.000402. The molecule has 4 rings (SSSR count). The number of sulfonamides is 1. The smallest absolute Gasteiger partial charge is 0.263 e. The van der Waals surface area contributed by atoms with Gasteiger partial charge in [0.1, 0.15) is 0 Å². The van der Waals surface area contributed by atoms with Gasteiger partial charge >= 0.3 is 0 Å². The van der Waals surface area contributed by atoms with Gasteiger partial charge in [-0.25, -0.2) is 18.4 Å². The summed E-state index contributed by atoms with van der Waals surface area (Å²) < 4.78 is 28.3. The zero-order chi connectivity index (χ0) is 21.3. The molecule has 30 heavy (non-hydrogen) atoms. The van der Waals surface area contributed by atoms with Crippen LogP contribution in [0.5, 0.6) is 0 Å². The van der Waals surface area contributed by atoms with Crippen molar-refractivity contribution in [2.24, 2.45) is 0 Å². The number of halogens is 3. The molecule has 1 heterocycles. The summed E-state index contributed by atoms with van der Waals surface area (Å²) >= 11 is 18.1. The highest BCUT2D eigenvalue weighted by Crippen LogP contribution is 2.32. The maximum Gasteiger partial charge on any atom is 0.263 e. The fourth-order valence-electron chi connectivity index (χ4n) is 2.70. The fourth-order valence-corrected chi connectivity index (χ4v) is 4.46. The quantitative estimate of drug-likeness (QED) is 0.359. The van der Waals surface area contributed by atoms with Crippen LogP contribution in [0.1, 0.15) is 0 Å². The Morgan fingerprint density at radius 1 is 0.733 bits per heavy atom. The van der Waals surface area contributed by atoms with Gasteiger partial charge in [0.15, 0.2) is 11.6 Å². The molecule has 0 spiro atoms. The molecular weight excluding hydrogens is 467 g/mol. The minimum atomic E-state index is -3.97. The topological polar surface area (TPSA) is 84.0 Å². The molecule has 0 radical (unpaired) electrons. The Balaban J connectivity index is 1.80. The summed E-state index contributed by atoms with van der Waals surface area (Å²) in [5.74, 6) is 0.197. The lowest BCUT2D eigenvalue weighted by Gasteiger charge is -2.14. The highest BCUT2D eigenvalue weighted by molar-refractivity contribution is 7.92. The largest absolute Gasteiger partial charge is 0.336 e. The van der Waals surface area contributed by atoms with E-state index < -0.39 is 10.0 Å². The number of hydrogen-bond donors (Lipinski definition) is 2. The lowest BCUT2D eigenvalue weighted by atomic mass is 10.3. The van der Waals surface area contributed by atoms with Gasteiger partial charge in [0.25, 0.3) is 10.0 Å². The molecule has 10 heteroatoms. The zero-order valence-electron chi connectivity index (χ0n) is 15.1. The molecule has 2 N–H and O–H groups in total. The molecule has 0 aliphatic heterocycles. The second kappa shape index (κ2) is 8.28. The van der Waals surface area contributed by atoms with Crippen LogP contribution >= 0.6 is 34.8 Å². The highest BCUT2D eigenvalue weighted by atomic mass is 35.5. The Morgan fingerprint density at radius 3 is 2.07 bits per heavy atom. The van der Waals surface area contributed by atoms with Gasteiger partial charge in [0.2, 0.25) is 0 Å². The predicted octanol–water partition coefficient (Wildman–Crippen LogP) is 6.13. The third-order valence-corrected chi connectivity index (χ3v) is 6.21. The van der Waals surface area contributed by atoms with Crippen molar-refractivity contribution in [1.82, 2.24) is 9.97 Å². The SMILES string of the molecule is O=S(=O)(Nc1nc2ccccc2nc1Nc1ccc(Cl)cc1Cl)c1cccc(Cl)c1. The van der Waals surface area contributed by atoms with Gasteiger partial charge in [0.05, 0.1) is 26.6 Å². The summed E-state index contributed by atoms with van der Waals surface area (Å²) in [7, 11) is -3.97. The van der Waals surface area contributed by atoms with Crippen molar-refractivity contribution in [3.8, 4) is 0 Å². The molecular formula is C20H13Cl3N4O2S. The number of nitrogens with one attached hydrogen (secondary N) is 2. The van der Waals surface area contributed by atoms with Crippen LogP contribution < -0.4 is 10.0 Å². The fraction of sp³-hybridized carbons (Fsp3) is 0. The van der Waals surface area contributed by atoms with E-state index in [1.807, 2.05) is 6.07 Å².